The molecular formula is C11H6BrClF3N3O2. The molecule has 0 saturated carbocycles. The maximum atomic E-state index is 12.1. The average Bonchev–Trinajstić information content (AvgIpc) is 2.37. The van der Waals surface area contributed by atoms with Crippen LogP contribution in [0, 0.1) is 0 Å². The van der Waals surface area contributed by atoms with Gasteiger partial charge in [0, 0.05) is 0 Å². The van der Waals surface area contributed by atoms with Gasteiger partial charge in [0.15, 0.2) is 5.15 Å². The molecule has 0 bridgehead atoms. The van der Waals surface area contributed by atoms with E-state index in [1.807, 2.05) is 0 Å². The van der Waals surface area contributed by atoms with E-state index in [1.165, 1.54) is 12.1 Å². The lowest BCUT2D eigenvalue weighted by atomic mass is 10.3. The minimum atomic E-state index is -4.78. The Bertz CT molecular complexity index is 670. The quantitative estimate of drug-likeness (QED) is 0.805. The van der Waals surface area contributed by atoms with E-state index in [-0.39, 0.29) is 26.9 Å². The summed E-state index contributed by atoms with van der Waals surface area (Å²) in [5, 5.41) is 0.0103. The summed E-state index contributed by atoms with van der Waals surface area (Å²) >= 11 is 8.65. The molecule has 0 aliphatic rings. The molecule has 0 amide bonds. The molecular weight excluding hydrogens is 378 g/mol. The molecule has 0 saturated heterocycles. The number of hydrogen-bond acceptors (Lipinski definition) is 5. The fourth-order valence-corrected chi connectivity index (χ4v) is 1.87. The Labute approximate surface area is 130 Å². The van der Waals surface area contributed by atoms with Crippen LogP contribution in [-0.4, -0.2) is 16.3 Å². The van der Waals surface area contributed by atoms with Crippen LogP contribution in [0.2, 0.25) is 5.15 Å². The van der Waals surface area contributed by atoms with Crippen molar-refractivity contribution in [2.75, 3.05) is 5.73 Å². The van der Waals surface area contributed by atoms with Gasteiger partial charge in [0.25, 0.3) is 0 Å². The second-order valence-corrected chi connectivity index (χ2v) is 4.84. The van der Waals surface area contributed by atoms with Gasteiger partial charge in [0.1, 0.15) is 23.5 Å². The zero-order chi connectivity index (χ0) is 15.6. The maximum absolute atomic E-state index is 12.1. The first-order valence-corrected chi connectivity index (χ1v) is 6.42. The summed E-state index contributed by atoms with van der Waals surface area (Å²) in [5.74, 6) is -0.215. The van der Waals surface area contributed by atoms with Crippen molar-refractivity contribution in [1.82, 2.24) is 9.97 Å². The summed E-state index contributed by atoms with van der Waals surface area (Å²) in [7, 11) is 0. The van der Waals surface area contributed by atoms with Gasteiger partial charge in [-0.15, -0.1) is 13.2 Å². The van der Waals surface area contributed by atoms with Gasteiger partial charge < -0.3 is 15.2 Å². The average molecular weight is 385 g/mol. The van der Waals surface area contributed by atoms with Crippen LogP contribution in [-0.2, 0) is 0 Å². The van der Waals surface area contributed by atoms with E-state index in [1.54, 1.807) is 0 Å². The van der Waals surface area contributed by atoms with E-state index >= 15 is 0 Å². The van der Waals surface area contributed by atoms with Crippen molar-refractivity contribution in [2.24, 2.45) is 0 Å². The van der Waals surface area contributed by atoms with Crippen molar-refractivity contribution in [3.05, 3.63) is 34.2 Å². The van der Waals surface area contributed by atoms with Crippen LogP contribution < -0.4 is 15.2 Å². The second kappa shape index (κ2) is 5.94. The van der Waals surface area contributed by atoms with Crippen LogP contribution in [0.1, 0.15) is 0 Å². The number of nitrogens with two attached hydrogens (primary N) is 1. The Hall–Kier alpha value is -1.74. The molecule has 2 aromatic rings. The number of aromatic nitrogens is 2. The minimum Gasteiger partial charge on any atom is -0.437 e. The van der Waals surface area contributed by atoms with Gasteiger partial charge in [0.05, 0.1) is 4.47 Å². The number of nitrogen functional groups attached to an aromatic ring is 1. The summed E-state index contributed by atoms with van der Waals surface area (Å²) in [4.78, 5) is 7.42. The van der Waals surface area contributed by atoms with Crippen LogP contribution in [0.15, 0.2) is 29.0 Å². The van der Waals surface area contributed by atoms with Crippen molar-refractivity contribution in [3.63, 3.8) is 0 Å². The van der Waals surface area contributed by atoms with E-state index in [0.717, 1.165) is 12.4 Å². The summed E-state index contributed by atoms with van der Waals surface area (Å²) in [6.07, 6.45) is -3.64. The van der Waals surface area contributed by atoms with Crippen LogP contribution in [0.5, 0.6) is 17.4 Å². The summed E-state index contributed by atoms with van der Waals surface area (Å²) < 4.78 is 45.6. The van der Waals surface area contributed by atoms with Gasteiger partial charge in [-0.05, 0) is 34.1 Å². The zero-order valence-electron chi connectivity index (χ0n) is 9.99. The molecule has 0 unspecified atom stereocenters. The third-order valence-corrected chi connectivity index (χ3v) is 3.06. The van der Waals surface area contributed by atoms with E-state index in [9.17, 15) is 13.2 Å². The number of anilines is 1. The van der Waals surface area contributed by atoms with Crippen LogP contribution in [0.4, 0.5) is 18.9 Å². The highest BCUT2D eigenvalue weighted by Crippen LogP contribution is 2.35. The lowest BCUT2D eigenvalue weighted by molar-refractivity contribution is -0.274. The molecule has 1 aromatic carbocycles. The van der Waals surface area contributed by atoms with Crippen molar-refractivity contribution >= 4 is 33.2 Å². The first kappa shape index (κ1) is 15.6. The van der Waals surface area contributed by atoms with Crippen molar-refractivity contribution in [1.29, 1.82) is 0 Å². The summed E-state index contributed by atoms with van der Waals surface area (Å²) in [6, 6.07) is 3.63. The molecule has 0 spiro atoms. The highest BCUT2D eigenvalue weighted by molar-refractivity contribution is 9.10. The van der Waals surface area contributed by atoms with Gasteiger partial charge in [-0.3, -0.25) is 0 Å². The Kier molecular flexibility index (Phi) is 4.43. The smallest absolute Gasteiger partial charge is 0.437 e. The molecule has 21 heavy (non-hydrogen) atoms. The fraction of sp³-hybridized carbons (Fsp3) is 0.0909. The SMILES string of the molecule is Nc1c(Cl)ncnc1Oc1ccc(OC(F)(F)F)c(Br)c1. The zero-order valence-corrected chi connectivity index (χ0v) is 12.3. The lowest BCUT2D eigenvalue weighted by Gasteiger charge is -2.12. The van der Waals surface area contributed by atoms with Gasteiger partial charge in [-0.25, -0.2) is 4.98 Å². The number of nitrogens with zero attached hydrogens (tertiary/aromatic N) is 2. The number of ether oxygens (including phenoxy) is 2. The predicted molar refractivity (Wildman–Crippen MR) is 72.4 cm³/mol. The third-order valence-electron chi connectivity index (χ3n) is 2.14. The van der Waals surface area contributed by atoms with Crippen LogP contribution >= 0.6 is 27.5 Å². The van der Waals surface area contributed by atoms with Crippen molar-refractivity contribution in [3.8, 4) is 17.4 Å². The van der Waals surface area contributed by atoms with Crippen molar-refractivity contribution < 1.29 is 22.6 Å². The molecule has 2 N–H and O–H groups in total. The van der Waals surface area contributed by atoms with Gasteiger partial charge in [-0.1, -0.05) is 11.6 Å². The van der Waals surface area contributed by atoms with Gasteiger partial charge in [0.2, 0.25) is 5.88 Å². The molecule has 0 aliphatic carbocycles. The van der Waals surface area contributed by atoms with Crippen molar-refractivity contribution in [2.45, 2.75) is 6.36 Å². The van der Waals surface area contributed by atoms with E-state index < -0.39 is 12.1 Å². The molecule has 0 aliphatic heterocycles. The highest BCUT2D eigenvalue weighted by atomic mass is 79.9. The molecule has 0 atom stereocenters. The molecule has 0 radical (unpaired) electrons. The van der Waals surface area contributed by atoms with E-state index in [2.05, 4.69) is 30.6 Å². The number of halogens is 5. The fourth-order valence-electron chi connectivity index (χ4n) is 1.30. The van der Waals surface area contributed by atoms with Gasteiger partial charge >= 0.3 is 6.36 Å². The normalized spacial score (nSPS) is 11.3. The lowest BCUT2D eigenvalue weighted by Crippen LogP contribution is -2.17. The molecule has 5 nitrogen and oxygen atoms in total. The van der Waals surface area contributed by atoms with E-state index in [0.29, 0.717) is 0 Å². The molecule has 1 heterocycles. The first-order chi connectivity index (χ1) is 9.76. The Morgan fingerprint density at radius 3 is 2.57 bits per heavy atom. The topological polar surface area (TPSA) is 70.3 Å². The molecule has 2 rings (SSSR count). The molecule has 0 fully saturated rings. The maximum Gasteiger partial charge on any atom is 0.573 e. The predicted octanol–water partition coefficient (Wildman–Crippen LogP) is 4.17. The second-order valence-electron chi connectivity index (χ2n) is 3.63. The Morgan fingerprint density at radius 1 is 1.24 bits per heavy atom. The Balaban J connectivity index is 2.23. The number of alkyl halides is 3. The van der Waals surface area contributed by atoms with Crippen LogP contribution in [0.3, 0.4) is 0 Å². The molecule has 1 aromatic heterocycles. The van der Waals surface area contributed by atoms with E-state index in [4.69, 9.17) is 22.1 Å². The summed E-state index contributed by atoms with van der Waals surface area (Å²) in [6.45, 7) is 0. The van der Waals surface area contributed by atoms with Gasteiger partial charge in [-0.2, -0.15) is 4.98 Å². The first-order valence-electron chi connectivity index (χ1n) is 5.25. The third kappa shape index (κ3) is 4.11. The number of hydrogen-bond donors (Lipinski definition) is 1. The Morgan fingerprint density at radius 2 is 1.95 bits per heavy atom. The monoisotopic (exact) mass is 383 g/mol. The number of benzene rings is 1. The molecule has 112 valence electrons. The summed E-state index contributed by atoms with van der Waals surface area (Å²) in [5.41, 5.74) is 5.63. The molecule has 10 heteroatoms. The largest absolute Gasteiger partial charge is 0.573 e. The highest BCUT2D eigenvalue weighted by Gasteiger charge is 2.32. The van der Waals surface area contributed by atoms with Crippen LogP contribution in [0.25, 0.3) is 0 Å². The minimum absolute atomic E-state index is 0.00797. The standard InChI is InChI=1S/C11H6BrClF3N3O2/c12-6-3-5(1-2-7(6)21-11(14,15)16)20-10-8(17)9(13)18-4-19-10/h1-4H,17H2. The number of rotatable bonds is 3.